The number of thioether (sulfide) groups is 1. The summed E-state index contributed by atoms with van der Waals surface area (Å²) in [6, 6.07) is 8.95. The number of alkyl halides is 3. The van der Waals surface area contributed by atoms with E-state index in [1.54, 1.807) is 30.5 Å². The van der Waals surface area contributed by atoms with Crippen LogP contribution in [0.3, 0.4) is 0 Å². The molecule has 6 rings (SSSR count). The molecule has 45 heavy (non-hydrogen) atoms. The molecule has 1 N–H and O–H groups in total. The molecule has 238 valence electrons. The van der Waals surface area contributed by atoms with Crippen molar-refractivity contribution in [3.8, 4) is 0 Å². The third kappa shape index (κ3) is 6.90. The number of nitrogens with one attached hydrogen (secondary N) is 1. The molecule has 2 saturated heterocycles. The molecule has 0 unspecified atom stereocenters. The number of aliphatic imine (C=N–C) groups is 1. The highest BCUT2D eigenvalue weighted by Gasteiger charge is 2.35. The maximum absolute atomic E-state index is 13.6. The molecule has 0 atom stereocenters. The molecule has 3 aliphatic heterocycles. The second kappa shape index (κ2) is 12.4. The largest absolute Gasteiger partial charge is 0.416 e. The normalized spacial score (nSPS) is 19.6. The average molecular weight is 681 g/mol. The lowest BCUT2D eigenvalue weighted by Crippen LogP contribution is -2.47. The number of hydrogen-bond acceptors (Lipinski definition) is 7. The van der Waals surface area contributed by atoms with Gasteiger partial charge in [-0.25, -0.2) is 4.72 Å². The van der Waals surface area contributed by atoms with Crippen molar-refractivity contribution in [2.75, 3.05) is 26.2 Å². The van der Waals surface area contributed by atoms with Crippen LogP contribution >= 0.6 is 23.4 Å². The number of likely N-dealkylation sites (tertiary alicyclic amines) is 1. The van der Waals surface area contributed by atoms with Crippen LogP contribution in [0.4, 0.5) is 13.2 Å². The predicted octanol–water partition coefficient (Wildman–Crippen LogP) is 4.90. The second-order valence-electron chi connectivity index (χ2n) is 11.1. The Labute approximate surface area is 266 Å². The van der Waals surface area contributed by atoms with Crippen molar-refractivity contribution in [2.24, 2.45) is 10.9 Å². The number of amides is 2. The van der Waals surface area contributed by atoms with Crippen molar-refractivity contribution in [1.82, 2.24) is 23.7 Å². The predicted molar refractivity (Wildman–Crippen MR) is 165 cm³/mol. The van der Waals surface area contributed by atoms with Crippen molar-refractivity contribution < 1.29 is 31.2 Å². The summed E-state index contributed by atoms with van der Waals surface area (Å²) < 4.78 is 70.6. The summed E-state index contributed by atoms with van der Waals surface area (Å²) in [7, 11) is -3.83. The average Bonchev–Trinajstić information content (AvgIpc) is 3.75. The van der Waals surface area contributed by atoms with Crippen molar-refractivity contribution in [3.05, 3.63) is 69.2 Å². The van der Waals surface area contributed by atoms with E-state index in [1.807, 2.05) is 4.90 Å². The number of rotatable bonds is 6. The molecule has 0 bridgehead atoms. The molecule has 0 saturated carbocycles. The molecule has 0 radical (unpaired) electrons. The zero-order chi connectivity index (χ0) is 31.9. The molecule has 2 fully saturated rings. The zero-order valence-corrected chi connectivity index (χ0v) is 26.1. The molecule has 10 nitrogen and oxygen atoms in total. The number of carbonyl (C=O) groups excluding carboxylic acids is 2. The van der Waals surface area contributed by atoms with Crippen LogP contribution in [-0.4, -0.2) is 70.6 Å². The van der Waals surface area contributed by atoms with Gasteiger partial charge in [-0.15, -0.1) is 0 Å². The van der Waals surface area contributed by atoms with Crippen molar-refractivity contribution in [2.45, 2.75) is 38.4 Å². The van der Waals surface area contributed by atoms with Crippen LogP contribution in [0.25, 0.3) is 17.0 Å². The van der Waals surface area contributed by atoms with Crippen LogP contribution in [0.1, 0.15) is 42.4 Å². The Morgan fingerprint density at radius 3 is 2.53 bits per heavy atom. The minimum atomic E-state index is -4.56. The molecule has 2 amide bonds. The van der Waals surface area contributed by atoms with Gasteiger partial charge in [0, 0.05) is 42.5 Å². The van der Waals surface area contributed by atoms with Crippen LogP contribution in [0, 0.1) is 5.92 Å². The Morgan fingerprint density at radius 2 is 1.82 bits per heavy atom. The van der Waals surface area contributed by atoms with E-state index in [0.29, 0.717) is 65.6 Å². The first kappa shape index (κ1) is 31.6. The van der Waals surface area contributed by atoms with E-state index < -0.39 is 39.7 Å². The molecule has 4 heterocycles. The molecule has 0 spiro atoms. The summed E-state index contributed by atoms with van der Waals surface area (Å²) in [4.78, 5) is 31.9. The lowest BCUT2D eigenvalue weighted by atomic mass is 9.97. The Bertz CT molecular complexity index is 1830. The van der Waals surface area contributed by atoms with Gasteiger partial charge >= 0.3 is 16.4 Å². The highest BCUT2D eigenvalue weighted by atomic mass is 35.5. The zero-order valence-electron chi connectivity index (χ0n) is 23.8. The molecular formula is C29H28ClF3N6O4S2. The van der Waals surface area contributed by atoms with Crippen LogP contribution in [0.15, 0.2) is 52.5 Å². The van der Waals surface area contributed by atoms with E-state index in [9.17, 15) is 31.2 Å². The topological polar surface area (TPSA) is 117 Å². The van der Waals surface area contributed by atoms with Gasteiger partial charge in [-0.2, -0.15) is 36.0 Å². The van der Waals surface area contributed by atoms with Crippen LogP contribution < -0.4 is 4.72 Å². The molecule has 3 aromatic rings. The monoisotopic (exact) mass is 680 g/mol. The molecule has 2 aromatic carbocycles. The fraction of sp³-hybridized carbons (Fsp3) is 0.379. The lowest BCUT2D eigenvalue weighted by molar-refractivity contribution is -0.138. The smallest absolute Gasteiger partial charge is 0.351 e. The van der Waals surface area contributed by atoms with Gasteiger partial charge in [0.25, 0.3) is 5.91 Å². The number of halogens is 4. The maximum Gasteiger partial charge on any atom is 0.416 e. The van der Waals surface area contributed by atoms with Crippen LogP contribution in [0.2, 0.25) is 5.02 Å². The number of aromatic nitrogens is 2. The van der Waals surface area contributed by atoms with E-state index in [2.05, 4.69) is 14.8 Å². The van der Waals surface area contributed by atoms with Crippen LogP contribution in [-0.2, 0) is 32.5 Å². The van der Waals surface area contributed by atoms with Crippen LogP contribution in [0.5, 0.6) is 0 Å². The quantitative estimate of drug-likeness (QED) is 0.369. The molecule has 1 aromatic heterocycles. The number of fused-ring (bicyclic) bond motifs is 1. The Morgan fingerprint density at radius 1 is 1.09 bits per heavy atom. The van der Waals surface area contributed by atoms with E-state index in [4.69, 9.17) is 11.6 Å². The summed E-state index contributed by atoms with van der Waals surface area (Å²) >= 11 is 7.03. The number of nitrogens with zero attached hydrogens (tertiary/aromatic N) is 5. The third-order valence-electron chi connectivity index (χ3n) is 8.04. The fourth-order valence-corrected chi connectivity index (χ4v) is 8.08. The molecule has 16 heteroatoms. The van der Waals surface area contributed by atoms with Gasteiger partial charge in [0.2, 0.25) is 5.91 Å². The Hall–Kier alpha value is -3.40. The third-order valence-corrected chi connectivity index (χ3v) is 10.8. The lowest BCUT2D eigenvalue weighted by Gasteiger charge is -2.32. The van der Waals surface area contributed by atoms with E-state index in [-0.39, 0.29) is 17.1 Å². The van der Waals surface area contributed by atoms with Gasteiger partial charge in [0.1, 0.15) is 0 Å². The van der Waals surface area contributed by atoms with Gasteiger partial charge < -0.3 is 4.90 Å². The van der Waals surface area contributed by atoms with Crippen molar-refractivity contribution >= 4 is 67.5 Å². The second-order valence-corrected chi connectivity index (χ2v) is 14.2. The number of amidine groups is 1. The first-order valence-corrected chi connectivity index (χ1v) is 16.9. The van der Waals surface area contributed by atoms with E-state index in [1.165, 1.54) is 32.9 Å². The van der Waals surface area contributed by atoms with Crippen molar-refractivity contribution in [1.29, 1.82) is 0 Å². The Kier molecular flexibility index (Phi) is 8.71. The highest BCUT2D eigenvalue weighted by molar-refractivity contribution is 8.18. The molecule has 0 aliphatic carbocycles. The number of benzene rings is 2. The number of piperidine rings is 1. The maximum atomic E-state index is 13.6. The van der Waals surface area contributed by atoms with Gasteiger partial charge in [-0.1, -0.05) is 23.7 Å². The van der Waals surface area contributed by atoms with Crippen molar-refractivity contribution in [3.63, 3.8) is 0 Å². The summed E-state index contributed by atoms with van der Waals surface area (Å²) in [6.07, 6.45) is 1.11. The summed E-state index contributed by atoms with van der Waals surface area (Å²) in [6.45, 7) is 1.62. The van der Waals surface area contributed by atoms with E-state index >= 15 is 0 Å². The minimum absolute atomic E-state index is 0.00154. The molecule has 3 aliphatic rings. The highest BCUT2D eigenvalue weighted by Crippen LogP contribution is 2.35. The van der Waals surface area contributed by atoms with Gasteiger partial charge in [0.05, 0.1) is 28.7 Å². The van der Waals surface area contributed by atoms with Gasteiger partial charge in [-0.05, 0) is 78.9 Å². The fourth-order valence-electron chi connectivity index (χ4n) is 5.65. The van der Waals surface area contributed by atoms with Gasteiger partial charge in [0.15, 0.2) is 5.17 Å². The molecular weight excluding hydrogens is 653 g/mol. The summed E-state index contributed by atoms with van der Waals surface area (Å²) in [5.74, 6) is -1.36. The number of carbonyl (C=O) groups is 2. The first-order chi connectivity index (χ1) is 21.4. The summed E-state index contributed by atoms with van der Waals surface area (Å²) in [5.41, 5.74) is 0.553. The van der Waals surface area contributed by atoms with Gasteiger partial charge in [-0.3, -0.25) is 14.3 Å². The minimum Gasteiger partial charge on any atom is -0.351 e. The Balaban J connectivity index is 1.08. The van der Waals surface area contributed by atoms with E-state index in [0.717, 1.165) is 18.9 Å². The summed E-state index contributed by atoms with van der Waals surface area (Å²) in [5, 5.41) is 5.49. The standard InChI is InChI=1S/C29H28ClF3N6O4S2/c30-22-5-4-20(23(15-22)29(31,32)33)17-39-24-6-3-18(13-21(24)16-34-39)14-25-27(41)35-28(44-25)37-11-7-19(8-12-37)26(40)36-45(42,43)38-9-1-2-10-38/h3-6,13-16,19H,1-2,7-12,17H2,(H,36,40)/b25-14-. The number of hydrogen-bond donors (Lipinski definition) is 1. The SMILES string of the molecule is O=C1N=C(N2CCC(C(=O)NS(=O)(=O)N3CCCC3)CC2)S/C1=C\c1ccc2c(cnn2Cc2ccc(Cl)cc2C(F)(F)F)c1. The first-order valence-electron chi connectivity index (χ1n) is 14.3.